The number of hydrogen-bond acceptors (Lipinski definition) is 7. The number of benzene rings is 1. The van der Waals surface area contributed by atoms with Crippen LogP contribution < -0.4 is 5.32 Å². The summed E-state index contributed by atoms with van der Waals surface area (Å²) in [5, 5.41) is 13.8. The predicted octanol–water partition coefficient (Wildman–Crippen LogP) is 5.09. The molecule has 3 aromatic heterocycles. The molecule has 0 radical (unpaired) electrons. The zero-order valence-corrected chi connectivity index (χ0v) is 20.2. The zero-order chi connectivity index (χ0) is 23.0. The highest BCUT2D eigenvalue weighted by molar-refractivity contribution is 7.99. The second-order valence-corrected chi connectivity index (χ2v) is 9.69. The highest BCUT2D eigenvalue weighted by Crippen LogP contribution is 2.33. The maximum Gasteiger partial charge on any atom is 0.341 e. The first-order valence-electron chi connectivity index (χ1n) is 10.3. The van der Waals surface area contributed by atoms with Gasteiger partial charge in [-0.3, -0.25) is 9.20 Å². The minimum absolute atomic E-state index is 0.139. The summed E-state index contributed by atoms with van der Waals surface area (Å²) in [5.74, 6) is -0.495. The molecule has 3 heterocycles. The number of aryl methyl sites for hydroxylation is 3. The largest absolute Gasteiger partial charge is 0.462 e. The van der Waals surface area contributed by atoms with Crippen LogP contribution in [-0.2, 0) is 9.53 Å². The van der Waals surface area contributed by atoms with Crippen molar-refractivity contribution in [2.24, 2.45) is 0 Å². The highest BCUT2D eigenvalue weighted by atomic mass is 32.2. The zero-order valence-electron chi connectivity index (χ0n) is 18.6. The van der Waals surface area contributed by atoms with E-state index in [4.69, 9.17) is 4.74 Å². The first kappa shape index (κ1) is 22.3. The molecular weight excluding hydrogens is 444 g/mol. The van der Waals surface area contributed by atoms with Crippen LogP contribution in [0, 0.1) is 27.7 Å². The van der Waals surface area contributed by atoms with E-state index in [1.807, 2.05) is 30.4 Å². The number of ether oxygens (including phenoxy) is 1. The van der Waals surface area contributed by atoms with Gasteiger partial charge in [-0.15, -0.1) is 21.5 Å². The minimum Gasteiger partial charge on any atom is -0.462 e. The van der Waals surface area contributed by atoms with E-state index < -0.39 is 5.97 Å². The molecule has 9 heteroatoms. The van der Waals surface area contributed by atoms with Gasteiger partial charge in [-0.05, 0) is 57.4 Å². The number of esters is 1. The molecule has 0 fully saturated rings. The molecule has 4 rings (SSSR count). The SMILES string of the molecule is CCOC(=O)c1c(NC(=O)CSc2nnc3cc(C)c4cccc(C)c4n23)sc(C)c1C. The molecule has 32 heavy (non-hydrogen) atoms. The lowest BCUT2D eigenvalue weighted by atomic mass is 10.1. The first-order valence-corrected chi connectivity index (χ1v) is 12.1. The molecule has 0 bridgehead atoms. The van der Waals surface area contributed by atoms with E-state index in [9.17, 15) is 9.59 Å². The van der Waals surface area contributed by atoms with Gasteiger partial charge in [-0.25, -0.2) is 4.79 Å². The van der Waals surface area contributed by atoms with Crippen molar-refractivity contribution in [2.45, 2.75) is 39.8 Å². The smallest absolute Gasteiger partial charge is 0.341 e. The van der Waals surface area contributed by atoms with E-state index in [0.717, 1.165) is 38.1 Å². The van der Waals surface area contributed by atoms with Gasteiger partial charge in [0, 0.05) is 10.3 Å². The van der Waals surface area contributed by atoms with Gasteiger partial charge in [0.05, 0.1) is 23.4 Å². The second-order valence-electron chi connectivity index (χ2n) is 7.52. The lowest BCUT2D eigenvalue weighted by Gasteiger charge is -2.10. The van der Waals surface area contributed by atoms with Crippen LogP contribution in [0.2, 0.25) is 0 Å². The number of rotatable bonds is 6. The van der Waals surface area contributed by atoms with Gasteiger partial charge in [0.25, 0.3) is 0 Å². The summed E-state index contributed by atoms with van der Waals surface area (Å²) in [5.41, 5.74) is 5.31. The van der Waals surface area contributed by atoms with Crippen molar-refractivity contribution >= 4 is 56.5 Å². The highest BCUT2D eigenvalue weighted by Gasteiger charge is 2.22. The van der Waals surface area contributed by atoms with E-state index >= 15 is 0 Å². The van der Waals surface area contributed by atoms with Crippen LogP contribution in [-0.4, -0.2) is 38.8 Å². The number of para-hydroxylation sites is 1. The van der Waals surface area contributed by atoms with Crippen molar-refractivity contribution in [3.63, 3.8) is 0 Å². The molecule has 1 amide bonds. The third-order valence-corrected chi connectivity index (χ3v) is 7.39. The van der Waals surface area contributed by atoms with Gasteiger partial charge in [0.15, 0.2) is 10.8 Å². The number of nitrogens with zero attached hydrogens (tertiary/aromatic N) is 3. The van der Waals surface area contributed by atoms with Crippen molar-refractivity contribution in [3.05, 3.63) is 51.4 Å². The van der Waals surface area contributed by atoms with E-state index in [1.165, 1.54) is 23.1 Å². The number of amides is 1. The number of anilines is 1. The Balaban J connectivity index is 1.59. The summed E-state index contributed by atoms with van der Waals surface area (Å²) in [6, 6.07) is 8.17. The Morgan fingerprint density at radius 1 is 1.16 bits per heavy atom. The fourth-order valence-electron chi connectivity index (χ4n) is 3.68. The number of carbonyl (C=O) groups excluding carboxylic acids is 2. The van der Waals surface area contributed by atoms with Crippen molar-refractivity contribution < 1.29 is 14.3 Å². The van der Waals surface area contributed by atoms with Gasteiger partial charge in [0.1, 0.15) is 5.00 Å². The molecule has 0 saturated carbocycles. The van der Waals surface area contributed by atoms with Crippen LogP contribution in [0.1, 0.15) is 38.8 Å². The quantitative estimate of drug-likeness (QED) is 0.314. The summed E-state index contributed by atoms with van der Waals surface area (Å²) in [7, 11) is 0. The maximum atomic E-state index is 12.7. The monoisotopic (exact) mass is 468 g/mol. The molecule has 166 valence electrons. The van der Waals surface area contributed by atoms with Gasteiger partial charge >= 0.3 is 5.97 Å². The number of hydrogen-bond donors (Lipinski definition) is 1. The molecule has 0 spiro atoms. The lowest BCUT2D eigenvalue weighted by molar-refractivity contribution is -0.113. The fraction of sp³-hybridized carbons (Fsp3) is 0.304. The predicted molar refractivity (Wildman–Crippen MR) is 129 cm³/mol. The Kier molecular flexibility index (Phi) is 6.21. The Morgan fingerprint density at radius 3 is 2.69 bits per heavy atom. The molecule has 0 aliphatic carbocycles. The standard InChI is InChI=1S/C23H24N4O3S2/c1-6-30-22(29)19-14(4)15(5)32-21(19)24-18(28)11-31-23-26-25-17-10-13(3)16-9-7-8-12(2)20(16)27(17)23/h7-10H,6,11H2,1-5H3,(H,24,28). The van der Waals surface area contributed by atoms with Gasteiger partial charge in [0.2, 0.25) is 5.91 Å². The van der Waals surface area contributed by atoms with Crippen molar-refractivity contribution in [2.75, 3.05) is 17.7 Å². The van der Waals surface area contributed by atoms with Crippen molar-refractivity contribution in [1.29, 1.82) is 0 Å². The summed E-state index contributed by atoms with van der Waals surface area (Å²) >= 11 is 2.69. The van der Waals surface area contributed by atoms with Crippen LogP contribution in [0.4, 0.5) is 5.00 Å². The van der Waals surface area contributed by atoms with Gasteiger partial charge in [-0.1, -0.05) is 30.0 Å². The number of fused-ring (bicyclic) bond motifs is 3. The summed E-state index contributed by atoms with van der Waals surface area (Å²) < 4.78 is 7.16. The second kappa shape index (κ2) is 8.91. The average molecular weight is 469 g/mol. The van der Waals surface area contributed by atoms with Crippen molar-refractivity contribution in [3.8, 4) is 0 Å². The fourth-order valence-corrected chi connectivity index (χ4v) is 5.49. The molecule has 0 aliphatic heterocycles. The Hall–Kier alpha value is -2.91. The molecule has 0 aliphatic rings. The lowest BCUT2D eigenvalue weighted by Crippen LogP contribution is -2.16. The molecule has 0 saturated heterocycles. The van der Waals surface area contributed by atoms with Crippen LogP contribution >= 0.6 is 23.1 Å². The Bertz CT molecular complexity index is 1360. The molecule has 1 N–H and O–H groups in total. The van der Waals surface area contributed by atoms with Crippen LogP contribution in [0.25, 0.3) is 16.6 Å². The van der Waals surface area contributed by atoms with E-state index in [1.54, 1.807) is 6.92 Å². The molecule has 1 aromatic carbocycles. The van der Waals surface area contributed by atoms with E-state index in [2.05, 4.69) is 41.5 Å². The number of carbonyl (C=O) groups is 2. The maximum absolute atomic E-state index is 12.7. The molecule has 0 unspecified atom stereocenters. The van der Waals surface area contributed by atoms with Crippen LogP contribution in [0.3, 0.4) is 0 Å². The number of pyridine rings is 1. The van der Waals surface area contributed by atoms with E-state index in [-0.39, 0.29) is 18.3 Å². The topological polar surface area (TPSA) is 85.6 Å². The van der Waals surface area contributed by atoms with Gasteiger partial charge < -0.3 is 10.1 Å². The minimum atomic E-state index is -0.418. The normalized spacial score (nSPS) is 11.3. The average Bonchev–Trinajstić information content (AvgIpc) is 3.27. The van der Waals surface area contributed by atoms with Crippen molar-refractivity contribution in [1.82, 2.24) is 14.6 Å². The molecule has 4 aromatic rings. The van der Waals surface area contributed by atoms with Gasteiger partial charge in [-0.2, -0.15) is 0 Å². The third kappa shape index (κ3) is 3.98. The van der Waals surface area contributed by atoms with Crippen LogP contribution in [0.5, 0.6) is 0 Å². The number of thioether (sulfide) groups is 1. The first-order chi connectivity index (χ1) is 15.3. The third-order valence-electron chi connectivity index (χ3n) is 5.34. The Morgan fingerprint density at radius 2 is 1.94 bits per heavy atom. The van der Waals surface area contributed by atoms with E-state index in [0.29, 0.717) is 15.7 Å². The van der Waals surface area contributed by atoms with Crippen LogP contribution in [0.15, 0.2) is 29.4 Å². The molecule has 7 nitrogen and oxygen atoms in total. The Labute approximate surface area is 194 Å². The number of thiophene rings is 1. The summed E-state index contributed by atoms with van der Waals surface area (Å²) in [6.07, 6.45) is 0. The number of aromatic nitrogens is 3. The summed E-state index contributed by atoms with van der Waals surface area (Å²) in [4.78, 5) is 26.1. The molecule has 0 atom stereocenters. The molecular formula is C23H24N4O3S2. The number of nitrogens with one attached hydrogen (secondary N) is 1. The summed E-state index contributed by atoms with van der Waals surface area (Å²) in [6.45, 7) is 9.94.